The largest absolute Gasteiger partial charge is 0.493 e. The fourth-order valence-corrected chi connectivity index (χ4v) is 3.06. The second-order valence-corrected chi connectivity index (χ2v) is 8.76. The highest BCUT2D eigenvalue weighted by Gasteiger charge is 2.29. The molecular weight excluding hydrogens is 416 g/mol. The molecule has 1 heterocycles. The minimum absolute atomic E-state index is 0.0529. The number of nitrogens with zero attached hydrogens (tertiary/aromatic N) is 1. The molecule has 1 aliphatic rings. The fraction of sp³-hybridized carbons (Fsp3) is 0.522. The molecule has 0 bridgehead atoms. The van der Waals surface area contributed by atoms with E-state index >= 15 is 0 Å². The summed E-state index contributed by atoms with van der Waals surface area (Å²) in [6.45, 7) is 7.63. The third kappa shape index (κ3) is 5.93. The van der Waals surface area contributed by atoms with Crippen molar-refractivity contribution in [1.82, 2.24) is 10.3 Å². The number of ether oxygens (including phenoxy) is 3. The molecular formula is C23H30N2O7. The Kier molecular flexibility index (Phi) is 6.96. The lowest BCUT2D eigenvalue weighted by molar-refractivity contribution is 0.0492. The molecule has 1 saturated carbocycles. The van der Waals surface area contributed by atoms with E-state index in [0.717, 1.165) is 12.8 Å². The number of carboxylic acid groups (broad SMARTS) is 1. The Balaban J connectivity index is 1.90. The molecule has 1 fully saturated rings. The number of benzene rings is 1. The van der Waals surface area contributed by atoms with Gasteiger partial charge in [-0.1, -0.05) is 6.92 Å². The zero-order valence-corrected chi connectivity index (χ0v) is 19.1. The normalized spacial score (nSPS) is 14.5. The van der Waals surface area contributed by atoms with E-state index in [1.807, 2.05) is 0 Å². The molecule has 1 aliphatic carbocycles. The number of alkyl carbamates (subject to hydrolysis) is 1. The number of carbonyl (C=O) groups excluding carboxylic acids is 1. The number of oxazole rings is 1. The van der Waals surface area contributed by atoms with Gasteiger partial charge in [-0.2, -0.15) is 0 Å². The Hall–Kier alpha value is -3.23. The first-order valence-corrected chi connectivity index (χ1v) is 10.7. The zero-order valence-electron chi connectivity index (χ0n) is 19.1. The molecule has 9 nitrogen and oxygen atoms in total. The number of amides is 1. The van der Waals surface area contributed by atoms with Gasteiger partial charge in [0.2, 0.25) is 5.89 Å². The van der Waals surface area contributed by atoms with E-state index in [-0.39, 0.29) is 17.3 Å². The number of nitrogens with one attached hydrogen (secondary N) is 1. The van der Waals surface area contributed by atoms with Crippen LogP contribution in [-0.4, -0.2) is 41.5 Å². The number of carboxylic acids is 1. The Morgan fingerprint density at radius 3 is 2.56 bits per heavy atom. The van der Waals surface area contributed by atoms with Gasteiger partial charge in [0.15, 0.2) is 23.0 Å². The van der Waals surface area contributed by atoms with Gasteiger partial charge in [0.1, 0.15) is 5.60 Å². The van der Waals surface area contributed by atoms with Crippen LogP contribution in [-0.2, 0) is 4.74 Å². The van der Waals surface area contributed by atoms with Gasteiger partial charge < -0.3 is 29.1 Å². The van der Waals surface area contributed by atoms with Crippen molar-refractivity contribution in [3.63, 3.8) is 0 Å². The first kappa shape index (κ1) is 23.4. The molecule has 2 N–H and O–H groups in total. The molecule has 1 amide bonds. The predicted octanol–water partition coefficient (Wildman–Crippen LogP) is 4.81. The summed E-state index contributed by atoms with van der Waals surface area (Å²) in [5, 5.41) is 12.3. The van der Waals surface area contributed by atoms with Crippen molar-refractivity contribution in [2.24, 2.45) is 5.92 Å². The lowest BCUT2D eigenvalue weighted by Crippen LogP contribution is -2.35. The zero-order chi connectivity index (χ0) is 23.5. The third-order valence-electron chi connectivity index (χ3n) is 4.85. The topological polar surface area (TPSA) is 120 Å². The van der Waals surface area contributed by atoms with Crippen molar-refractivity contribution in [2.45, 2.75) is 58.6 Å². The lowest BCUT2D eigenvalue weighted by Gasteiger charge is -2.22. The number of aromatic carboxylic acids is 1. The van der Waals surface area contributed by atoms with E-state index in [1.165, 1.54) is 0 Å². The summed E-state index contributed by atoms with van der Waals surface area (Å²) in [6, 6.07) is 4.43. The number of methoxy groups -OCH3 is 1. The smallest absolute Gasteiger partial charge is 0.408 e. The maximum Gasteiger partial charge on any atom is 0.408 e. The first-order valence-electron chi connectivity index (χ1n) is 10.7. The van der Waals surface area contributed by atoms with E-state index in [9.17, 15) is 14.7 Å². The van der Waals surface area contributed by atoms with Gasteiger partial charge in [0.25, 0.3) is 0 Å². The molecule has 0 spiro atoms. The monoisotopic (exact) mass is 446 g/mol. The maximum absolute atomic E-state index is 12.2. The van der Waals surface area contributed by atoms with Crippen LogP contribution in [0.15, 0.2) is 22.6 Å². The highest BCUT2D eigenvalue weighted by molar-refractivity contribution is 5.87. The minimum atomic E-state index is -1.25. The van der Waals surface area contributed by atoms with Gasteiger partial charge in [-0.25, -0.2) is 14.6 Å². The van der Waals surface area contributed by atoms with E-state index in [4.69, 9.17) is 18.6 Å². The third-order valence-corrected chi connectivity index (χ3v) is 4.85. The lowest BCUT2D eigenvalue weighted by atomic mass is 10.1. The van der Waals surface area contributed by atoms with Gasteiger partial charge >= 0.3 is 12.1 Å². The van der Waals surface area contributed by atoms with Crippen LogP contribution in [0.5, 0.6) is 11.5 Å². The van der Waals surface area contributed by atoms with E-state index < -0.39 is 23.7 Å². The quantitative estimate of drug-likeness (QED) is 0.563. The van der Waals surface area contributed by atoms with Crippen molar-refractivity contribution in [2.75, 3.05) is 13.7 Å². The van der Waals surface area contributed by atoms with Crippen molar-refractivity contribution < 1.29 is 33.3 Å². The van der Waals surface area contributed by atoms with Gasteiger partial charge in [-0.3, -0.25) is 0 Å². The number of rotatable bonds is 9. The Labute approximate surface area is 187 Å². The van der Waals surface area contributed by atoms with Gasteiger partial charge in [0, 0.05) is 5.56 Å². The van der Waals surface area contributed by atoms with Crippen LogP contribution < -0.4 is 14.8 Å². The molecule has 0 saturated heterocycles. The summed E-state index contributed by atoms with van der Waals surface area (Å²) in [5.41, 5.74) is -0.415. The molecule has 1 atom stereocenters. The Bertz CT molecular complexity index is 973. The van der Waals surface area contributed by atoms with Gasteiger partial charge in [-0.05, 0) is 64.2 Å². The van der Waals surface area contributed by atoms with E-state index in [1.54, 1.807) is 53.0 Å². The minimum Gasteiger partial charge on any atom is -0.493 e. The van der Waals surface area contributed by atoms with Crippen molar-refractivity contribution >= 4 is 12.1 Å². The van der Waals surface area contributed by atoms with E-state index in [2.05, 4.69) is 10.3 Å². The fourth-order valence-electron chi connectivity index (χ4n) is 3.06. The molecule has 1 aromatic carbocycles. The van der Waals surface area contributed by atoms with E-state index in [0.29, 0.717) is 36.0 Å². The summed E-state index contributed by atoms with van der Waals surface area (Å²) in [4.78, 5) is 28.3. The Morgan fingerprint density at radius 2 is 2.00 bits per heavy atom. The summed E-state index contributed by atoms with van der Waals surface area (Å²) in [7, 11) is 1.55. The molecule has 0 aliphatic heterocycles. The second-order valence-electron chi connectivity index (χ2n) is 8.76. The molecule has 3 rings (SSSR count). The molecule has 0 unspecified atom stereocenters. The van der Waals surface area contributed by atoms with Crippen LogP contribution in [0.2, 0.25) is 0 Å². The predicted molar refractivity (Wildman–Crippen MR) is 116 cm³/mol. The summed E-state index contributed by atoms with van der Waals surface area (Å²) < 4.78 is 22.4. The number of hydrogen-bond donors (Lipinski definition) is 2. The van der Waals surface area contributed by atoms with Gasteiger partial charge in [-0.15, -0.1) is 0 Å². The number of aromatic nitrogens is 1. The summed E-state index contributed by atoms with van der Waals surface area (Å²) >= 11 is 0. The maximum atomic E-state index is 12.2. The Morgan fingerprint density at radius 1 is 1.28 bits per heavy atom. The molecule has 1 aromatic heterocycles. The van der Waals surface area contributed by atoms with Crippen LogP contribution in [0.3, 0.4) is 0 Å². The average molecular weight is 447 g/mol. The highest BCUT2D eigenvalue weighted by Crippen LogP contribution is 2.36. The van der Waals surface area contributed by atoms with Crippen LogP contribution in [0.1, 0.15) is 69.2 Å². The highest BCUT2D eigenvalue weighted by atomic mass is 16.6. The molecule has 0 radical (unpaired) electrons. The molecule has 174 valence electrons. The summed E-state index contributed by atoms with van der Waals surface area (Å²) in [5.74, 6) is 0.570. The van der Waals surface area contributed by atoms with Crippen molar-refractivity contribution in [1.29, 1.82) is 0 Å². The van der Waals surface area contributed by atoms with Crippen LogP contribution in [0.25, 0.3) is 11.5 Å². The molecule has 9 heteroatoms. The van der Waals surface area contributed by atoms with Crippen molar-refractivity contribution in [3.05, 3.63) is 29.7 Å². The molecule has 32 heavy (non-hydrogen) atoms. The SMILES string of the molecule is CC[C@H](NC(=O)OC(C)(C)C)c1oc(-c2ccc(OC)c(OCC3CC3)c2)nc1C(=O)O. The first-order chi connectivity index (χ1) is 15.1. The van der Waals surface area contributed by atoms with Gasteiger partial charge in [0.05, 0.1) is 19.8 Å². The average Bonchev–Trinajstić information content (AvgIpc) is 3.44. The van der Waals surface area contributed by atoms with Crippen molar-refractivity contribution in [3.8, 4) is 23.0 Å². The van der Waals surface area contributed by atoms with Crippen LogP contribution >= 0.6 is 0 Å². The van der Waals surface area contributed by atoms with Crippen LogP contribution in [0, 0.1) is 5.92 Å². The molecule has 2 aromatic rings. The second kappa shape index (κ2) is 9.50. The number of carbonyl (C=O) groups is 2. The number of hydrogen-bond acceptors (Lipinski definition) is 7. The standard InChI is InChI=1S/C23H30N2O7/c1-6-15(24-22(28)32-23(2,3)4)19-18(21(26)27)25-20(31-19)14-9-10-16(29-5)17(11-14)30-12-13-7-8-13/h9-11,13,15H,6-8,12H2,1-5H3,(H,24,28)(H,26,27)/t15-/m0/s1. The summed E-state index contributed by atoms with van der Waals surface area (Å²) in [6.07, 6.45) is 2.01. The van der Waals surface area contributed by atoms with Crippen LogP contribution in [0.4, 0.5) is 4.79 Å².